The maximum Gasteiger partial charge on any atom is 0.221 e. The van der Waals surface area contributed by atoms with E-state index in [4.69, 9.17) is 0 Å². The molecule has 0 aromatic heterocycles. The second-order valence-electron chi connectivity index (χ2n) is 4.70. The van der Waals surface area contributed by atoms with Crippen molar-refractivity contribution in [3.63, 3.8) is 0 Å². The van der Waals surface area contributed by atoms with Crippen LogP contribution in [0.1, 0.15) is 25.3 Å². The minimum Gasteiger partial charge on any atom is -0.326 e. The molecule has 5 heteroatoms. The summed E-state index contributed by atoms with van der Waals surface area (Å²) in [7, 11) is 0. The summed E-state index contributed by atoms with van der Waals surface area (Å²) >= 11 is 0. The smallest absolute Gasteiger partial charge is 0.221 e. The molecule has 0 unspecified atom stereocenters. The molecule has 1 amide bonds. The molecular formula is C14H20N4O. The maximum atomic E-state index is 11.1. The summed E-state index contributed by atoms with van der Waals surface area (Å²) in [5.41, 5.74) is 7.04. The van der Waals surface area contributed by atoms with Crippen LogP contribution in [0.15, 0.2) is 23.3 Å². The highest BCUT2D eigenvalue weighted by atomic mass is 16.1. The molecule has 0 radical (unpaired) electrons. The van der Waals surface area contributed by atoms with Gasteiger partial charge in [0.05, 0.1) is 5.69 Å². The Morgan fingerprint density at radius 2 is 1.95 bits per heavy atom. The van der Waals surface area contributed by atoms with E-state index < -0.39 is 0 Å². The van der Waals surface area contributed by atoms with Crippen LogP contribution in [0.3, 0.4) is 0 Å². The van der Waals surface area contributed by atoms with Crippen molar-refractivity contribution in [2.75, 3.05) is 23.8 Å². The van der Waals surface area contributed by atoms with Crippen LogP contribution in [0.4, 0.5) is 11.4 Å². The number of carbonyl (C=O) groups is 1. The van der Waals surface area contributed by atoms with E-state index in [-0.39, 0.29) is 5.91 Å². The number of nitrogens with one attached hydrogen (secondary N) is 3. The fourth-order valence-corrected chi connectivity index (χ4v) is 2.05. The number of carbonyl (C=O) groups excluding carboxylic acids is 1. The highest BCUT2D eigenvalue weighted by Gasteiger charge is 2.07. The summed E-state index contributed by atoms with van der Waals surface area (Å²) in [6.07, 6.45) is 1.97. The maximum absolute atomic E-state index is 11.1. The molecule has 19 heavy (non-hydrogen) atoms. The quantitative estimate of drug-likeness (QED) is 0.729. The second-order valence-corrected chi connectivity index (χ2v) is 4.70. The monoisotopic (exact) mass is 260 g/mol. The minimum atomic E-state index is -0.0649. The van der Waals surface area contributed by atoms with Crippen LogP contribution < -0.4 is 16.1 Å². The number of hydrazone groups is 1. The van der Waals surface area contributed by atoms with E-state index in [1.54, 1.807) is 0 Å². The number of hydrogen-bond donors (Lipinski definition) is 3. The Labute approximate surface area is 113 Å². The predicted octanol–water partition coefficient (Wildman–Crippen LogP) is 2.10. The number of benzene rings is 1. The summed E-state index contributed by atoms with van der Waals surface area (Å²) in [5.74, 6) is -0.0649. The number of piperidine rings is 1. The predicted molar refractivity (Wildman–Crippen MR) is 78.6 cm³/mol. The zero-order valence-electron chi connectivity index (χ0n) is 11.4. The van der Waals surface area contributed by atoms with E-state index in [9.17, 15) is 4.79 Å². The molecule has 0 saturated carbocycles. The van der Waals surface area contributed by atoms with Gasteiger partial charge in [0.2, 0.25) is 5.91 Å². The van der Waals surface area contributed by atoms with Gasteiger partial charge in [0.1, 0.15) is 0 Å². The molecule has 1 aliphatic heterocycles. The molecule has 0 aliphatic carbocycles. The average molecular weight is 260 g/mol. The van der Waals surface area contributed by atoms with E-state index in [1.165, 1.54) is 12.6 Å². The lowest BCUT2D eigenvalue weighted by atomic mass is 10.1. The number of anilines is 2. The van der Waals surface area contributed by atoms with Crippen LogP contribution in [0, 0.1) is 6.92 Å². The molecule has 1 aromatic rings. The van der Waals surface area contributed by atoms with Gasteiger partial charge in [0.25, 0.3) is 0 Å². The standard InChI is InChI=1S/C14H20N4O/c1-10-13(16-11(2)19)4-3-5-14(10)18-17-12-6-8-15-9-7-12/h3-5,15,18H,6-9H2,1-2H3,(H,16,19). The Bertz CT molecular complexity index is 488. The van der Waals surface area contributed by atoms with Crippen molar-refractivity contribution in [3.8, 4) is 0 Å². The van der Waals surface area contributed by atoms with E-state index in [0.717, 1.165) is 42.9 Å². The summed E-state index contributed by atoms with van der Waals surface area (Å²) in [5, 5.41) is 10.6. The van der Waals surface area contributed by atoms with Crippen molar-refractivity contribution < 1.29 is 4.79 Å². The van der Waals surface area contributed by atoms with Crippen LogP contribution in [0.5, 0.6) is 0 Å². The number of nitrogens with zero attached hydrogens (tertiary/aromatic N) is 1. The molecule has 1 saturated heterocycles. The first-order chi connectivity index (χ1) is 9.16. The highest BCUT2D eigenvalue weighted by Crippen LogP contribution is 2.23. The summed E-state index contributed by atoms with van der Waals surface area (Å²) in [6.45, 7) is 5.46. The van der Waals surface area contributed by atoms with Gasteiger partial charge in [-0.1, -0.05) is 6.07 Å². The molecule has 0 bridgehead atoms. The number of amides is 1. The van der Waals surface area contributed by atoms with E-state index in [1.807, 2.05) is 25.1 Å². The lowest BCUT2D eigenvalue weighted by molar-refractivity contribution is -0.114. The Morgan fingerprint density at radius 1 is 1.26 bits per heavy atom. The highest BCUT2D eigenvalue weighted by molar-refractivity contribution is 5.91. The molecule has 1 aliphatic rings. The van der Waals surface area contributed by atoms with Crippen LogP contribution in [-0.4, -0.2) is 24.7 Å². The van der Waals surface area contributed by atoms with Gasteiger partial charge in [0, 0.05) is 44.3 Å². The fraction of sp³-hybridized carbons (Fsp3) is 0.429. The normalized spacial score (nSPS) is 14.9. The zero-order chi connectivity index (χ0) is 13.7. The van der Waals surface area contributed by atoms with Gasteiger partial charge in [0.15, 0.2) is 0 Å². The van der Waals surface area contributed by atoms with Crippen LogP contribution in [-0.2, 0) is 4.79 Å². The van der Waals surface area contributed by atoms with Gasteiger partial charge in [-0.05, 0) is 24.6 Å². The van der Waals surface area contributed by atoms with Gasteiger partial charge in [-0.3, -0.25) is 10.2 Å². The Hall–Kier alpha value is -1.88. The van der Waals surface area contributed by atoms with Crippen molar-refractivity contribution in [2.45, 2.75) is 26.7 Å². The lowest BCUT2D eigenvalue weighted by Crippen LogP contribution is -2.28. The first-order valence-electron chi connectivity index (χ1n) is 6.56. The first kappa shape index (κ1) is 13.5. The average Bonchev–Trinajstić information content (AvgIpc) is 2.40. The van der Waals surface area contributed by atoms with Gasteiger partial charge in [-0.2, -0.15) is 5.10 Å². The molecule has 1 fully saturated rings. The molecule has 0 atom stereocenters. The van der Waals surface area contributed by atoms with Crippen molar-refractivity contribution in [2.24, 2.45) is 5.10 Å². The minimum absolute atomic E-state index is 0.0649. The number of rotatable bonds is 3. The third-order valence-corrected chi connectivity index (χ3v) is 3.16. The Balaban J connectivity index is 2.09. The molecular weight excluding hydrogens is 240 g/mol. The molecule has 0 spiro atoms. The van der Waals surface area contributed by atoms with Crippen LogP contribution >= 0.6 is 0 Å². The molecule has 5 nitrogen and oxygen atoms in total. The molecule has 1 aromatic carbocycles. The molecule has 2 rings (SSSR count). The Kier molecular flexibility index (Phi) is 4.52. The van der Waals surface area contributed by atoms with E-state index in [2.05, 4.69) is 21.2 Å². The van der Waals surface area contributed by atoms with Crippen molar-refractivity contribution in [1.29, 1.82) is 0 Å². The van der Waals surface area contributed by atoms with Gasteiger partial charge < -0.3 is 10.6 Å². The van der Waals surface area contributed by atoms with Crippen molar-refractivity contribution in [3.05, 3.63) is 23.8 Å². The van der Waals surface area contributed by atoms with Gasteiger partial charge in [-0.25, -0.2) is 0 Å². The summed E-state index contributed by atoms with van der Waals surface area (Å²) in [4.78, 5) is 11.1. The van der Waals surface area contributed by atoms with Crippen LogP contribution in [0.2, 0.25) is 0 Å². The molecule has 102 valence electrons. The van der Waals surface area contributed by atoms with Crippen LogP contribution in [0.25, 0.3) is 0 Å². The van der Waals surface area contributed by atoms with Gasteiger partial charge >= 0.3 is 0 Å². The van der Waals surface area contributed by atoms with Gasteiger partial charge in [-0.15, -0.1) is 0 Å². The Morgan fingerprint density at radius 3 is 2.63 bits per heavy atom. The largest absolute Gasteiger partial charge is 0.326 e. The van der Waals surface area contributed by atoms with E-state index >= 15 is 0 Å². The summed E-state index contributed by atoms with van der Waals surface area (Å²) in [6, 6.07) is 5.76. The molecule has 1 heterocycles. The zero-order valence-corrected chi connectivity index (χ0v) is 11.4. The van der Waals surface area contributed by atoms with Crippen molar-refractivity contribution in [1.82, 2.24) is 5.32 Å². The fourth-order valence-electron chi connectivity index (χ4n) is 2.05. The molecule has 3 N–H and O–H groups in total. The first-order valence-corrected chi connectivity index (χ1v) is 6.56. The SMILES string of the molecule is CC(=O)Nc1cccc(NN=C2CCNCC2)c1C. The van der Waals surface area contributed by atoms with E-state index in [0.29, 0.717) is 0 Å². The second kappa shape index (κ2) is 6.33. The lowest BCUT2D eigenvalue weighted by Gasteiger charge is -2.15. The third-order valence-electron chi connectivity index (χ3n) is 3.16. The van der Waals surface area contributed by atoms with Crippen molar-refractivity contribution >= 4 is 23.0 Å². The summed E-state index contributed by atoms with van der Waals surface area (Å²) < 4.78 is 0. The number of hydrogen-bond acceptors (Lipinski definition) is 4. The third kappa shape index (κ3) is 3.79. The topological polar surface area (TPSA) is 65.5 Å².